The van der Waals surface area contributed by atoms with Crippen LogP contribution in [-0.4, -0.2) is 49.8 Å². The van der Waals surface area contributed by atoms with Crippen molar-refractivity contribution in [1.29, 1.82) is 0 Å². The Kier molecular flexibility index (Phi) is 4.57. The molecule has 0 bridgehead atoms. The molecule has 0 unspecified atom stereocenters. The first-order valence-corrected chi connectivity index (χ1v) is 7.54. The smallest absolute Gasteiger partial charge is 0.330 e. The standard InChI is InChI=1S/C15H15ClN2O6/c16-9-4-2-1-3-7(9)8-5-18(15(23)17-13(8)22)14-12(21)11(20)10(6-19)24-14/h1-5,10-12,14,19-21H,6H2,(H,17,22,23)/t10-,11-,12-,14-/m1/s1. The van der Waals surface area contributed by atoms with Crippen LogP contribution in [0, 0.1) is 0 Å². The first-order chi connectivity index (χ1) is 11.4. The highest BCUT2D eigenvalue weighted by molar-refractivity contribution is 6.33. The number of hydrogen-bond acceptors (Lipinski definition) is 6. The van der Waals surface area contributed by atoms with E-state index in [-0.39, 0.29) is 5.56 Å². The molecule has 1 fully saturated rings. The van der Waals surface area contributed by atoms with Gasteiger partial charge >= 0.3 is 5.69 Å². The van der Waals surface area contributed by atoms with Crippen molar-refractivity contribution < 1.29 is 20.1 Å². The lowest BCUT2D eigenvalue weighted by Crippen LogP contribution is -2.38. The molecule has 4 N–H and O–H groups in total. The van der Waals surface area contributed by atoms with Gasteiger partial charge in [-0.25, -0.2) is 4.79 Å². The zero-order valence-electron chi connectivity index (χ0n) is 12.3. The minimum absolute atomic E-state index is 0.109. The summed E-state index contributed by atoms with van der Waals surface area (Å²) < 4.78 is 6.28. The highest BCUT2D eigenvalue weighted by Gasteiger charge is 2.43. The van der Waals surface area contributed by atoms with E-state index in [9.17, 15) is 19.8 Å². The lowest BCUT2D eigenvalue weighted by Gasteiger charge is -2.18. The maximum atomic E-state index is 12.1. The van der Waals surface area contributed by atoms with Gasteiger partial charge in [-0.2, -0.15) is 0 Å². The maximum absolute atomic E-state index is 12.1. The van der Waals surface area contributed by atoms with Gasteiger partial charge in [0.2, 0.25) is 0 Å². The summed E-state index contributed by atoms with van der Waals surface area (Å²) in [4.78, 5) is 26.3. The molecule has 8 nitrogen and oxygen atoms in total. The third-order valence-corrected chi connectivity index (χ3v) is 4.25. The molecule has 0 amide bonds. The number of halogens is 1. The summed E-state index contributed by atoms with van der Waals surface area (Å²) >= 11 is 6.09. The summed E-state index contributed by atoms with van der Waals surface area (Å²) in [6.07, 6.45) is -3.87. The van der Waals surface area contributed by atoms with E-state index in [0.717, 1.165) is 4.57 Å². The van der Waals surface area contributed by atoms with Gasteiger partial charge in [0.15, 0.2) is 6.23 Å². The van der Waals surface area contributed by atoms with Crippen molar-refractivity contribution in [2.75, 3.05) is 6.61 Å². The highest BCUT2D eigenvalue weighted by atomic mass is 35.5. The van der Waals surface area contributed by atoms with Crippen LogP contribution < -0.4 is 11.2 Å². The summed E-state index contributed by atoms with van der Waals surface area (Å²) in [5, 5.41) is 29.3. The molecule has 1 aromatic carbocycles. The fourth-order valence-electron chi connectivity index (χ4n) is 2.66. The van der Waals surface area contributed by atoms with Gasteiger partial charge < -0.3 is 20.1 Å². The summed E-state index contributed by atoms with van der Waals surface area (Å²) in [7, 11) is 0. The maximum Gasteiger partial charge on any atom is 0.330 e. The van der Waals surface area contributed by atoms with Gasteiger partial charge in [-0.05, 0) is 6.07 Å². The molecule has 1 aliphatic rings. The predicted molar refractivity (Wildman–Crippen MR) is 84.8 cm³/mol. The fraction of sp³-hybridized carbons (Fsp3) is 0.333. The van der Waals surface area contributed by atoms with E-state index in [1.807, 2.05) is 0 Å². The minimum atomic E-state index is -1.44. The van der Waals surface area contributed by atoms with E-state index < -0.39 is 42.4 Å². The van der Waals surface area contributed by atoms with E-state index >= 15 is 0 Å². The monoisotopic (exact) mass is 354 g/mol. The van der Waals surface area contributed by atoms with Crippen LogP contribution in [-0.2, 0) is 4.74 Å². The van der Waals surface area contributed by atoms with Gasteiger partial charge in [0.1, 0.15) is 18.3 Å². The Morgan fingerprint density at radius 1 is 1.17 bits per heavy atom. The Hall–Kier alpha value is -1.97. The number of ether oxygens (including phenoxy) is 1. The molecule has 2 aromatic rings. The zero-order valence-corrected chi connectivity index (χ0v) is 13.1. The summed E-state index contributed by atoms with van der Waals surface area (Å²) in [6, 6.07) is 6.59. The number of aromatic amines is 1. The van der Waals surface area contributed by atoms with Crippen LogP contribution in [0.25, 0.3) is 11.1 Å². The molecule has 128 valence electrons. The number of aromatic nitrogens is 2. The zero-order chi connectivity index (χ0) is 17.4. The highest BCUT2D eigenvalue weighted by Crippen LogP contribution is 2.30. The summed E-state index contributed by atoms with van der Waals surface area (Å²) in [6.45, 7) is -0.524. The van der Waals surface area contributed by atoms with E-state index in [1.165, 1.54) is 6.20 Å². The molecule has 0 saturated carbocycles. The van der Waals surface area contributed by atoms with Gasteiger partial charge in [0.25, 0.3) is 5.56 Å². The first-order valence-electron chi connectivity index (χ1n) is 7.17. The Morgan fingerprint density at radius 3 is 2.50 bits per heavy atom. The average molecular weight is 355 g/mol. The number of aliphatic hydroxyl groups excluding tert-OH is 3. The molecule has 0 aliphatic carbocycles. The Labute approximate surface area is 140 Å². The minimum Gasteiger partial charge on any atom is -0.394 e. The van der Waals surface area contributed by atoms with Crippen molar-refractivity contribution in [3.8, 4) is 11.1 Å². The fourth-order valence-corrected chi connectivity index (χ4v) is 2.89. The van der Waals surface area contributed by atoms with Gasteiger partial charge in [0.05, 0.1) is 12.2 Å². The van der Waals surface area contributed by atoms with Crippen molar-refractivity contribution in [3.63, 3.8) is 0 Å². The van der Waals surface area contributed by atoms with E-state index in [1.54, 1.807) is 24.3 Å². The van der Waals surface area contributed by atoms with Crippen molar-refractivity contribution in [2.24, 2.45) is 0 Å². The number of rotatable bonds is 3. The largest absolute Gasteiger partial charge is 0.394 e. The molecule has 3 rings (SSSR count). The number of nitrogens with one attached hydrogen (secondary N) is 1. The van der Waals surface area contributed by atoms with E-state index in [0.29, 0.717) is 10.6 Å². The van der Waals surface area contributed by atoms with Crippen molar-refractivity contribution >= 4 is 11.6 Å². The molecule has 0 radical (unpaired) electrons. The SMILES string of the molecule is O=c1[nH]c(=O)n([C@@H]2O[C@H](CO)[C@@H](O)[C@H]2O)cc1-c1ccccc1Cl. The van der Waals surface area contributed by atoms with Crippen LogP contribution in [0.2, 0.25) is 5.02 Å². The lowest BCUT2D eigenvalue weighted by atomic mass is 10.1. The van der Waals surface area contributed by atoms with Crippen LogP contribution in [0.3, 0.4) is 0 Å². The van der Waals surface area contributed by atoms with Crippen molar-refractivity contribution in [2.45, 2.75) is 24.5 Å². The Bertz CT molecular complexity index is 864. The number of aliphatic hydroxyl groups is 3. The predicted octanol–water partition coefficient (Wildman–Crippen LogP) is -0.531. The van der Waals surface area contributed by atoms with Crippen LogP contribution >= 0.6 is 11.6 Å². The molecular formula is C15H15ClN2O6. The third kappa shape index (κ3) is 2.79. The Balaban J connectivity index is 2.11. The summed E-state index contributed by atoms with van der Waals surface area (Å²) in [5.74, 6) is 0. The second-order valence-corrected chi connectivity index (χ2v) is 5.83. The van der Waals surface area contributed by atoms with Gasteiger partial charge in [-0.1, -0.05) is 29.8 Å². The molecule has 4 atom stereocenters. The van der Waals surface area contributed by atoms with Gasteiger partial charge in [0, 0.05) is 16.8 Å². The number of H-pyrrole nitrogens is 1. The second-order valence-electron chi connectivity index (χ2n) is 5.42. The topological polar surface area (TPSA) is 125 Å². The van der Waals surface area contributed by atoms with Crippen LogP contribution in [0.1, 0.15) is 6.23 Å². The van der Waals surface area contributed by atoms with Crippen molar-refractivity contribution in [3.05, 3.63) is 56.3 Å². The van der Waals surface area contributed by atoms with Gasteiger partial charge in [-0.3, -0.25) is 14.3 Å². The molecule has 0 spiro atoms. The Morgan fingerprint density at radius 2 is 1.88 bits per heavy atom. The number of nitrogens with zero attached hydrogens (tertiary/aromatic N) is 1. The van der Waals surface area contributed by atoms with E-state index in [4.69, 9.17) is 21.4 Å². The molecule has 1 saturated heterocycles. The third-order valence-electron chi connectivity index (χ3n) is 3.92. The van der Waals surface area contributed by atoms with E-state index in [2.05, 4.69) is 4.98 Å². The molecular weight excluding hydrogens is 340 g/mol. The van der Waals surface area contributed by atoms with Crippen LogP contribution in [0.4, 0.5) is 0 Å². The van der Waals surface area contributed by atoms with Crippen LogP contribution in [0.5, 0.6) is 0 Å². The second kappa shape index (κ2) is 6.50. The van der Waals surface area contributed by atoms with Crippen molar-refractivity contribution in [1.82, 2.24) is 9.55 Å². The summed E-state index contributed by atoms with van der Waals surface area (Å²) in [5.41, 5.74) is -0.944. The quantitative estimate of drug-likeness (QED) is 0.587. The number of benzene rings is 1. The average Bonchev–Trinajstić information content (AvgIpc) is 2.84. The molecule has 2 heterocycles. The first kappa shape index (κ1) is 16.9. The lowest BCUT2D eigenvalue weighted by molar-refractivity contribution is -0.0549. The molecule has 24 heavy (non-hydrogen) atoms. The molecule has 1 aliphatic heterocycles. The molecule has 9 heteroatoms. The van der Waals surface area contributed by atoms with Gasteiger partial charge in [-0.15, -0.1) is 0 Å². The number of hydrogen-bond donors (Lipinski definition) is 4. The molecule has 1 aromatic heterocycles. The van der Waals surface area contributed by atoms with Crippen LogP contribution in [0.15, 0.2) is 40.1 Å². The normalized spacial score (nSPS) is 26.7.